The predicted octanol–water partition coefficient (Wildman–Crippen LogP) is 0.385. The van der Waals surface area contributed by atoms with Crippen LogP contribution in [0, 0.1) is 5.82 Å². The fraction of sp³-hybridized carbons (Fsp3) is 0.364. The van der Waals surface area contributed by atoms with E-state index in [1.165, 1.54) is 12.1 Å². The van der Waals surface area contributed by atoms with Crippen molar-refractivity contribution in [3.8, 4) is 0 Å². The molecule has 0 radical (unpaired) electrons. The van der Waals surface area contributed by atoms with Gasteiger partial charge in [0, 0.05) is 18.8 Å². The first-order valence-corrected chi connectivity index (χ1v) is 5.35. The Bertz CT molecular complexity index is 419. The first kappa shape index (κ1) is 11.8. The highest BCUT2D eigenvalue weighted by Crippen LogP contribution is 2.11. The van der Waals surface area contributed by atoms with Crippen LogP contribution >= 0.6 is 0 Å². The number of carbonyl (C=O) groups is 1. The number of rotatable bonds is 2. The molecule has 0 aliphatic carbocycles. The minimum Gasteiger partial charge on any atom is -0.399 e. The van der Waals surface area contributed by atoms with Crippen LogP contribution in [0.5, 0.6) is 0 Å². The van der Waals surface area contributed by atoms with E-state index >= 15 is 0 Å². The number of benzene rings is 1. The molecule has 0 spiro atoms. The molecule has 6 heteroatoms. The van der Waals surface area contributed by atoms with Gasteiger partial charge in [0.15, 0.2) is 0 Å². The van der Waals surface area contributed by atoms with Crippen LogP contribution in [-0.4, -0.2) is 37.2 Å². The summed E-state index contributed by atoms with van der Waals surface area (Å²) >= 11 is 0. The van der Waals surface area contributed by atoms with Crippen LogP contribution in [0.3, 0.4) is 0 Å². The van der Waals surface area contributed by atoms with Gasteiger partial charge in [-0.25, -0.2) is 9.40 Å². The molecule has 5 nitrogen and oxygen atoms in total. The molecule has 3 N–H and O–H groups in total. The van der Waals surface area contributed by atoms with Gasteiger partial charge in [0.1, 0.15) is 5.82 Å². The highest BCUT2D eigenvalue weighted by Gasteiger charge is 2.16. The Balaban J connectivity index is 2.03. The average molecular weight is 239 g/mol. The second-order valence-electron chi connectivity index (χ2n) is 3.78. The Morgan fingerprint density at radius 3 is 2.76 bits per heavy atom. The molecule has 0 atom stereocenters. The Labute approximate surface area is 98.3 Å². The summed E-state index contributed by atoms with van der Waals surface area (Å²) in [5.41, 5.74) is 8.33. The second kappa shape index (κ2) is 5.11. The minimum absolute atomic E-state index is 0.00862. The Morgan fingerprint density at radius 2 is 2.12 bits per heavy atom. The molecule has 17 heavy (non-hydrogen) atoms. The topological polar surface area (TPSA) is 67.6 Å². The largest absolute Gasteiger partial charge is 0.399 e. The molecule has 0 saturated carbocycles. The maximum absolute atomic E-state index is 13.5. The summed E-state index contributed by atoms with van der Waals surface area (Å²) in [6, 6.07) is 4.01. The van der Waals surface area contributed by atoms with Crippen molar-refractivity contribution in [2.75, 3.05) is 32.0 Å². The number of nitrogen functional groups attached to an aromatic ring is 1. The summed E-state index contributed by atoms with van der Waals surface area (Å²) in [5, 5.41) is 1.71. The van der Waals surface area contributed by atoms with Crippen molar-refractivity contribution in [1.82, 2.24) is 10.4 Å². The number of carbonyl (C=O) groups excluding carboxylic acids is 1. The van der Waals surface area contributed by atoms with E-state index in [0.29, 0.717) is 32.0 Å². The van der Waals surface area contributed by atoms with Crippen molar-refractivity contribution in [3.05, 3.63) is 29.6 Å². The van der Waals surface area contributed by atoms with E-state index in [2.05, 4.69) is 5.43 Å². The SMILES string of the molecule is Nc1ccc(C(=O)NN2CCOCC2)c(F)c1. The van der Waals surface area contributed by atoms with E-state index in [-0.39, 0.29) is 5.56 Å². The number of nitrogens with one attached hydrogen (secondary N) is 1. The van der Waals surface area contributed by atoms with Crippen LogP contribution in [0.4, 0.5) is 10.1 Å². The van der Waals surface area contributed by atoms with Crippen molar-refractivity contribution >= 4 is 11.6 Å². The lowest BCUT2D eigenvalue weighted by atomic mass is 10.2. The molecule has 1 aliphatic heterocycles. The summed E-state index contributed by atoms with van der Waals surface area (Å²) in [5.74, 6) is -1.08. The van der Waals surface area contributed by atoms with Gasteiger partial charge < -0.3 is 10.5 Å². The molecule has 1 aromatic carbocycles. The zero-order chi connectivity index (χ0) is 12.3. The molecule has 1 heterocycles. The number of amides is 1. The highest BCUT2D eigenvalue weighted by atomic mass is 19.1. The van der Waals surface area contributed by atoms with Crippen LogP contribution < -0.4 is 11.2 Å². The third-order valence-corrected chi connectivity index (χ3v) is 2.51. The lowest BCUT2D eigenvalue weighted by Crippen LogP contribution is -2.48. The average Bonchev–Trinajstić information content (AvgIpc) is 2.30. The zero-order valence-corrected chi connectivity index (χ0v) is 9.28. The normalized spacial score (nSPS) is 16.8. The molecule has 0 unspecified atom stereocenters. The van der Waals surface area contributed by atoms with Crippen molar-refractivity contribution in [3.63, 3.8) is 0 Å². The number of nitrogens with zero attached hydrogens (tertiary/aromatic N) is 1. The third kappa shape index (κ3) is 2.92. The summed E-state index contributed by atoms with van der Waals surface area (Å²) < 4.78 is 18.6. The molecule has 1 aromatic rings. The van der Waals surface area contributed by atoms with E-state index in [0.717, 1.165) is 6.07 Å². The summed E-state index contributed by atoms with van der Waals surface area (Å²) in [6.45, 7) is 2.32. The van der Waals surface area contributed by atoms with Crippen LogP contribution in [0.25, 0.3) is 0 Å². The zero-order valence-electron chi connectivity index (χ0n) is 9.28. The third-order valence-electron chi connectivity index (χ3n) is 2.51. The molecular formula is C11H14FN3O2. The van der Waals surface area contributed by atoms with Gasteiger partial charge in [0.2, 0.25) is 0 Å². The quantitative estimate of drug-likeness (QED) is 0.732. The van der Waals surface area contributed by atoms with Crippen LogP contribution in [-0.2, 0) is 4.74 Å². The molecule has 1 saturated heterocycles. The van der Waals surface area contributed by atoms with Crippen molar-refractivity contribution in [2.24, 2.45) is 0 Å². The standard InChI is InChI=1S/C11H14FN3O2/c12-10-7-8(13)1-2-9(10)11(16)14-15-3-5-17-6-4-15/h1-2,7H,3-6,13H2,(H,14,16). The van der Waals surface area contributed by atoms with Crippen molar-refractivity contribution in [2.45, 2.75) is 0 Å². The minimum atomic E-state index is -0.615. The maximum Gasteiger partial charge on any atom is 0.268 e. The Hall–Kier alpha value is -1.66. The van der Waals surface area contributed by atoms with Gasteiger partial charge in [-0.3, -0.25) is 10.2 Å². The number of ether oxygens (including phenoxy) is 1. The number of hydrogen-bond donors (Lipinski definition) is 2. The van der Waals surface area contributed by atoms with Crippen molar-refractivity contribution < 1.29 is 13.9 Å². The maximum atomic E-state index is 13.5. The number of hydrazine groups is 1. The Morgan fingerprint density at radius 1 is 1.41 bits per heavy atom. The second-order valence-corrected chi connectivity index (χ2v) is 3.78. The molecule has 2 rings (SSSR count). The van der Waals surface area contributed by atoms with Gasteiger partial charge in [-0.15, -0.1) is 0 Å². The van der Waals surface area contributed by atoms with Gasteiger partial charge in [-0.1, -0.05) is 0 Å². The number of morpholine rings is 1. The number of anilines is 1. The van der Waals surface area contributed by atoms with Crippen LogP contribution in [0.15, 0.2) is 18.2 Å². The monoisotopic (exact) mass is 239 g/mol. The predicted molar refractivity (Wildman–Crippen MR) is 60.7 cm³/mol. The van der Waals surface area contributed by atoms with Gasteiger partial charge in [-0.05, 0) is 18.2 Å². The summed E-state index contributed by atoms with van der Waals surface area (Å²) in [6.07, 6.45) is 0. The number of hydrogen-bond acceptors (Lipinski definition) is 4. The summed E-state index contributed by atoms with van der Waals surface area (Å²) in [4.78, 5) is 11.8. The van der Waals surface area contributed by atoms with Gasteiger partial charge in [-0.2, -0.15) is 0 Å². The van der Waals surface area contributed by atoms with Crippen molar-refractivity contribution in [1.29, 1.82) is 0 Å². The lowest BCUT2D eigenvalue weighted by molar-refractivity contribution is 0.0125. The molecular weight excluding hydrogens is 225 g/mol. The van der Waals surface area contributed by atoms with Crippen LogP contribution in [0.1, 0.15) is 10.4 Å². The van der Waals surface area contributed by atoms with Gasteiger partial charge in [0.05, 0.1) is 18.8 Å². The molecule has 0 aromatic heterocycles. The lowest BCUT2D eigenvalue weighted by Gasteiger charge is -2.26. The summed E-state index contributed by atoms with van der Waals surface area (Å²) in [7, 11) is 0. The first-order chi connectivity index (χ1) is 8.16. The fourth-order valence-corrected chi connectivity index (χ4v) is 1.59. The Kier molecular flexibility index (Phi) is 3.55. The van der Waals surface area contributed by atoms with Gasteiger partial charge in [0.25, 0.3) is 5.91 Å². The molecule has 1 aliphatic rings. The smallest absolute Gasteiger partial charge is 0.268 e. The molecule has 1 fully saturated rings. The van der Waals surface area contributed by atoms with E-state index in [4.69, 9.17) is 10.5 Å². The van der Waals surface area contributed by atoms with E-state index in [1.807, 2.05) is 0 Å². The van der Waals surface area contributed by atoms with E-state index in [1.54, 1.807) is 5.01 Å². The molecule has 92 valence electrons. The number of nitrogens with two attached hydrogens (primary N) is 1. The highest BCUT2D eigenvalue weighted by molar-refractivity contribution is 5.94. The first-order valence-electron chi connectivity index (χ1n) is 5.35. The fourth-order valence-electron chi connectivity index (χ4n) is 1.59. The molecule has 1 amide bonds. The van der Waals surface area contributed by atoms with E-state index < -0.39 is 11.7 Å². The molecule has 0 bridgehead atoms. The van der Waals surface area contributed by atoms with E-state index in [9.17, 15) is 9.18 Å². The van der Waals surface area contributed by atoms with Gasteiger partial charge >= 0.3 is 0 Å². The van der Waals surface area contributed by atoms with Crippen LogP contribution in [0.2, 0.25) is 0 Å². The number of halogens is 1.